The molecule has 0 aromatic heterocycles. The molecular formula is C34H58Cl8Si3Zr. The fourth-order valence-corrected chi connectivity index (χ4v) is 40.1. The normalized spacial score (nSPS) is 21.7. The van der Waals surface area contributed by atoms with Gasteiger partial charge in [0.05, 0.1) is 0 Å². The quantitative estimate of drug-likeness (QED) is 0.0648. The van der Waals surface area contributed by atoms with Crippen molar-refractivity contribution < 1.29 is 17.4 Å². The van der Waals surface area contributed by atoms with Gasteiger partial charge in [-0.3, -0.25) is 0 Å². The van der Waals surface area contributed by atoms with Crippen LogP contribution in [-0.2, 0) is 17.4 Å². The molecule has 4 aliphatic rings. The van der Waals surface area contributed by atoms with Gasteiger partial charge in [0.1, 0.15) is 0 Å². The van der Waals surface area contributed by atoms with E-state index in [-0.39, 0.29) is 24.8 Å². The Morgan fingerprint density at radius 2 is 0.848 bits per heavy atom. The molecule has 266 valence electrons. The van der Waals surface area contributed by atoms with E-state index in [9.17, 15) is 0 Å². The first kappa shape index (κ1) is 45.0. The predicted octanol–water partition coefficient (Wildman–Crippen LogP) is 15.4. The van der Waals surface area contributed by atoms with E-state index in [4.69, 9.17) is 66.5 Å². The molecule has 0 saturated heterocycles. The predicted molar refractivity (Wildman–Crippen MR) is 221 cm³/mol. The molecule has 0 N–H and O–H groups in total. The third-order valence-electron chi connectivity index (χ3n) is 11.6. The van der Waals surface area contributed by atoms with Crippen LogP contribution in [0.25, 0.3) is 0 Å². The van der Waals surface area contributed by atoms with Crippen molar-refractivity contribution in [2.45, 2.75) is 156 Å². The van der Waals surface area contributed by atoms with E-state index >= 15 is 0 Å². The van der Waals surface area contributed by atoms with Gasteiger partial charge < -0.3 is 0 Å². The molecule has 0 aromatic carbocycles. The summed E-state index contributed by atoms with van der Waals surface area (Å²) in [6.07, 6.45) is 37.0. The van der Waals surface area contributed by atoms with Crippen molar-refractivity contribution in [1.82, 2.24) is 0 Å². The first-order valence-corrected chi connectivity index (χ1v) is 40.6. The first-order valence-electron chi connectivity index (χ1n) is 17.9. The molecule has 0 radical (unpaired) electrons. The molecule has 0 fully saturated rings. The second-order valence-corrected chi connectivity index (χ2v) is 60.2. The van der Waals surface area contributed by atoms with Crippen LogP contribution in [-0.4, -0.2) is 18.9 Å². The molecule has 0 aromatic rings. The zero-order valence-corrected chi connectivity index (χ0v) is 39.8. The minimum absolute atomic E-state index is 0. The summed E-state index contributed by atoms with van der Waals surface area (Å²) in [7, 11) is 0. The maximum absolute atomic E-state index is 6.13. The standard InChI is InChI=1S/2C9H11.2C8H16Cl3Si.2ClH.H2Si.Zr/c2*1-2-5-9-7-3-6-8(9)4-1;2*1-2-3-4-5-6-7-8-12(9,10)11;;;;/h2*3,6-7H,1-2,4-5H2;2*1-8H2;2*1H;1H2;. The number of rotatable bonds is 20. The van der Waals surface area contributed by atoms with Gasteiger partial charge in [0.2, 0.25) is 0 Å². The van der Waals surface area contributed by atoms with Gasteiger partial charge in [-0.05, 0) is 0 Å². The summed E-state index contributed by atoms with van der Waals surface area (Å²) in [6, 6.07) is -3.33. The molecule has 0 spiro atoms. The zero-order chi connectivity index (χ0) is 31.7. The molecule has 0 amide bonds. The van der Waals surface area contributed by atoms with Gasteiger partial charge in [0.25, 0.3) is 0 Å². The second-order valence-electron chi connectivity index (χ2n) is 14.8. The number of hydrogen-bond acceptors (Lipinski definition) is 0. The molecular weight excluding hydrogens is 867 g/mol. The Labute approximate surface area is 326 Å². The van der Waals surface area contributed by atoms with Crippen molar-refractivity contribution in [2.75, 3.05) is 0 Å². The van der Waals surface area contributed by atoms with E-state index in [0.29, 0.717) is 0 Å². The molecule has 46 heavy (non-hydrogen) atoms. The van der Waals surface area contributed by atoms with Crippen molar-refractivity contribution in [3.8, 4) is 0 Å². The molecule has 0 nitrogen and oxygen atoms in total. The summed E-state index contributed by atoms with van der Waals surface area (Å²) < 4.78 is 4.65. The molecule has 2 atom stereocenters. The van der Waals surface area contributed by atoms with Gasteiger partial charge in [-0.25, -0.2) is 0 Å². The number of halogens is 8. The SMILES string of the molecule is Cl.Cl.[SiH2]=[Zr]([CH2]CCCCCCC[Si](Cl)(Cl)Cl)([CH2]CCCCCCC[Si](Cl)(Cl)Cl)([CH]1C=CC2=C1CCCC2)[CH]1C=CC2=C1CCCC2. The maximum atomic E-state index is 6.13. The summed E-state index contributed by atoms with van der Waals surface area (Å²) in [5.41, 5.74) is 7.29. The van der Waals surface area contributed by atoms with Crippen LogP contribution in [0.3, 0.4) is 0 Å². The summed E-state index contributed by atoms with van der Waals surface area (Å²) >= 11 is 33.3. The van der Waals surface area contributed by atoms with Crippen LogP contribution in [0.15, 0.2) is 46.6 Å². The molecule has 0 bridgehead atoms. The van der Waals surface area contributed by atoms with Crippen molar-refractivity contribution in [2.24, 2.45) is 0 Å². The van der Waals surface area contributed by atoms with Gasteiger partial charge in [-0.1, -0.05) is 0 Å². The van der Waals surface area contributed by atoms with Crippen LogP contribution in [0.2, 0.25) is 27.6 Å². The van der Waals surface area contributed by atoms with Crippen LogP contribution < -0.4 is 0 Å². The molecule has 4 rings (SSSR count). The number of unbranched alkanes of at least 4 members (excludes halogenated alkanes) is 10. The molecule has 4 aliphatic carbocycles. The van der Waals surface area contributed by atoms with E-state index in [0.717, 1.165) is 32.2 Å². The van der Waals surface area contributed by atoms with Gasteiger partial charge in [-0.15, -0.1) is 24.8 Å². The second kappa shape index (κ2) is 20.9. The topological polar surface area (TPSA) is 0 Å². The van der Waals surface area contributed by atoms with Crippen LogP contribution >= 0.6 is 91.3 Å². The molecule has 0 saturated carbocycles. The van der Waals surface area contributed by atoms with E-state index in [1.54, 1.807) is 11.1 Å². The van der Waals surface area contributed by atoms with Gasteiger partial charge >= 0.3 is 305 Å². The Balaban J connectivity index is 0.00000368. The van der Waals surface area contributed by atoms with Crippen molar-refractivity contribution in [3.05, 3.63) is 46.6 Å². The van der Waals surface area contributed by atoms with Crippen LogP contribution in [0, 0.1) is 0 Å². The zero-order valence-electron chi connectivity index (χ0n) is 27.7. The van der Waals surface area contributed by atoms with E-state index in [2.05, 4.69) is 31.2 Å². The number of hydrogen-bond donors (Lipinski definition) is 0. The van der Waals surface area contributed by atoms with E-state index in [1.807, 2.05) is 11.1 Å². The van der Waals surface area contributed by atoms with E-state index in [1.165, 1.54) is 124 Å². The van der Waals surface area contributed by atoms with Crippen LogP contribution in [0.1, 0.15) is 128 Å². The summed E-state index contributed by atoms with van der Waals surface area (Å²) in [5, 5.41) is 0. The summed E-state index contributed by atoms with van der Waals surface area (Å²) in [6.45, 7) is 2.68. The summed E-state index contributed by atoms with van der Waals surface area (Å²) in [5.74, 6) is 0. The Morgan fingerprint density at radius 1 is 0.522 bits per heavy atom. The van der Waals surface area contributed by atoms with Crippen molar-refractivity contribution in [3.63, 3.8) is 0 Å². The third kappa shape index (κ3) is 13.0. The summed E-state index contributed by atoms with van der Waals surface area (Å²) in [4.78, 5) is 0. The Kier molecular flexibility index (Phi) is 20.4. The third-order valence-corrected chi connectivity index (χ3v) is 45.2. The van der Waals surface area contributed by atoms with E-state index < -0.39 is 29.4 Å². The average molecular weight is 926 g/mol. The average Bonchev–Trinajstić information content (AvgIpc) is 3.61. The Morgan fingerprint density at radius 3 is 1.22 bits per heavy atom. The Hall–Kier alpha value is 2.81. The first-order chi connectivity index (χ1) is 20.9. The fourth-order valence-electron chi connectivity index (χ4n) is 9.28. The minimum atomic E-state index is -3.47. The number of allylic oxidation sites excluding steroid dienone is 8. The van der Waals surface area contributed by atoms with Crippen molar-refractivity contribution in [1.29, 1.82) is 0 Å². The van der Waals surface area contributed by atoms with Crippen molar-refractivity contribution >= 4 is 110 Å². The monoisotopic (exact) mass is 920 g/mol. The Bertz CT molecular complexity index is 1060. The van der Waals surface area contributed by atoms with Gasteiger partial charge in [0, 0.05) is 0 Å². The van der Waals surface area contributed by atoms with Gasteiger partial charge in [0.15, 0.2) is 0 Å². The molecule has 0 heterocycles. The van der Waals surface area contributed by atoms with Gasteiger partial charge in [-0.2, -0.15) is 0 Å². The van der Waals surface area contributed by atoms with Crippen LogP contribution in [0.5, 0.6) is 0 Å². The van der Waals surface area contributed by atoms with Crippen LogP contribution in [0.4, 0.5) is 0 Å². The molecule has 12 heteroatoms. The fraction of sp³-hybridized carbons (Fsp3) is 0.765. The molecule has 2 unspecified atom stereocenters. The molecule has 0 aliphatic heterocycles.